The monoisotopic (exact) mass is 222 g/mol. The molecule has 16 heavy (non-hydrogen) atoms. The van der Waals surface area contributed by atoms with Crippen molar-refractivity contribution in [2.75, 3.05) is 6.61 Å². The van der Waals surface area contributed by atoms with Crippen molar-refractivity contribution < 1.29 is 14.6 Å². The maximum atomic E-state index is 9.01. The summed E-state index contributed by atoms with van der Waals surface area (Å²) in [5.74, 6) is 0.250. The van der Waals surface area contributed by atoms with Crippen molar-refractivity contribution in [2.45, 2.75) is 38.6 Å². The first-order valence-electron chi connectivity index (χ1n) is 5.66. The van der Waals surface area contributed by atoms with Crippen molar-refractivity contribution in [2.24, 2.45) is 0 Å². The molecule has 0 spiro atoms. The summed E-state index contributed by atoms with van der Waals surface area (Å²) in [4.78, 5) is 0. The zero-order valence-corrected chi connectivity index (χ0v) is 9.77. The molecule has 1 N–H and O–H groups in total. The minimum absolute atomic E-state index is 0.0173. The highest BCUT2D eigenvalue weighted by Gasteiger charge is 2.30. The third kappa shape index (κ3) is 2.54. The predicted octanol–water partition coefficient (Wildman–Crippen LogP) is 2.13. The normalized spacial score (nSPS) is 23.1. The van der Waals surface area contributed by atoms with Crippen LogP contribution in [0.2, 0.25) is 0 Å². The lowest BCUT2D eigenvalue weighted by atomic mass is 10.1. The van der Waals surface area contributed by atoms with E-state index >= 15 is 0 Å². The summed E-state index contributed by atoms with van der Waals surface area (Å²) in [6.07, 6.45) is 1.45. The van der Waals surface area contributed by atoms with Crippen LogP contribution in [0.4, 0.5) is 0 Å². The minimum atomic E-state index is -0.633. The van der Waals surface area contributed by atoms with Gasteiger partial charge in [0.25, 0.3) is 0 Å². The van der Waals surface area contributed by atoms with Crippen LogP contribution in [0.15, 0.2) is 24.3 Å². The molecule has 1 aliphatic heterocycles. The van der Waals surface area contributed by atoms with E-state index in [2.05, 4.69) is 0 Å². The molecule has 1 aromatic carbocycles. The molecule has 3 heteroatoms. The Balaban J connectivity index is 2.27. The molecule has 1 heterocycles. The van der Waals surface area contributed by atoms with E-state index in [1.807, 2.05) is 38.1 Å². The second-order valence-electron chi connectivity index (χ2n) is 4.57. The first-order chi connectivity index (χ1) is 7.61. The van der Waals surface area contributed by atoms with Crippen molar-refractivity contribution in [1.29, 1.82) is 0 Å². The van der Waals surface area contributed by atoms with Gasteiger partial charge in [0, 0.05) is 26.9 Å². The van der Waals surface area contributed by atoms with Crippen LogP contribution in [0.3, 0.4) is 0 Å². The molecule has 0 aromatic heterocycles. The maximum Gasteiger partial charge on any atom is 0.205 e. The van der Waals surface area contributed by atoms with Crippen LogP contribution >= 0.6 is 0 Å². The van der Waals surface area contributed by atoms with Crippen LogP contribution in [-0.2, 0) is 11.2 Å². The number of aliphatic hydroxyl groups is 1. The van der Waals surface area contributed by atoms with Gasteiger partial charge in [0.2, 0.25) is 5.79 Å². The fourth-order valence-electron chi connectivity index (χ4n) is 2.05. The molecular formula is C13H18O3. The fourth-order valence-corrected chi connectivity index (χ4v) is 2.05. The molecule has 0 fully saturated rings. The maximum absolute atomic E-state index is 9.01. The van der Waals surface area contributed by atoms with Crippen LogP contribution in [0, 0.1) is 0 Å². The van der Waals surface area contributed by atoms with Crippen LogP contribution in [0.5, 0.6) is 5.75 Å². The summed E-state index contributed by atoms with van der Waals surface area (Å²) in [6.45, 7) is 3.95. The fraction of sp³-hybridized carbons (Fsp3) is 0.538. The second kappa shape index (κ2) is 4.44. The van der Waals surface area contributed by atoms with Gasteiger partial charge < -0.3 is 14.6 Å². The first-order valence-corrected chi connectivity index (χ1v) is 5.66. The van der Waals surface area contributed by atoms with Gasteiger partial charge in [-0.1, -0.05) is 18.2 Å². The van der Waals surface area contributed by atoms with Gasteiger partial charge in [0.05, 0.1) is 6.10 Å². The third-order valence-electron chi connectivity index (χ3n) is 2.68. The zero-order valence-electron chi connectivity index (χ0n) is 9.77. The second-order valence-corrected chi connectivity index (χ2v) is 4.57. The average molecular weight is 222 g/mol. The molecule has 1 atom stereocenters. The van der Waals surface area contributed by atoms with Gasteiger partial charge in [-0.2, -0.15) is 0 Å². The Labute approximate surface area is 96.0 Å². The largest absolute Gasteiger partial charge is 0.463 e. The lowest BCUT2D eigenvalue weighted by Gasteiger charge is -2.27. The standard InChI is InChI=1S/C13H18O3/c1-13(2)15-11(7-8-14)9-10-5-3-4-6-12(10)16-13/h3-6,11,14H,7-9H2,1-2H3. The summed E-state index contributed by atoms with van der Waals surface area (Å²) in [6, 6.07) is 7.96. The number of para-hydroxylation sites is 1. The molecule has 3 nitrogen and oxygen atoms in total. The molecule has 88 valence electrons. The van der Waals surface area contributed by atoms with Gasteiger partial charge in [-0.25, -0.2) is 0 Å². The highest BCUT2D eigenvalue weighted by atomic mass is 16.7. The van der Waals surface area contributed by atoms with Crippen molar-refractivity contribution in [3.63, 3.8) is 0 Å². The summed E-state index contributed by atoms with van der Waals surface area (Å²) < 4.78 is 11.7. The molecule has 0 radical (unpaired) electrons. The molecule has 1 aliphatic rings. The van der Waals surface area contributed by atoms with E-state index in [-0.39, 0.29) is 12.7 Å². The molecular weight excluding hydrogens is 204 g/mol. The first kappa shape index (κ1) is 11.4. The average Bonchev–Trinajstić information content (AvgIpc) is 2.32. The molecule has 0 saturated carbocycles. The van der Waals surface area contributed by atoms with Crippen molar-refractivity contribution in [1.82, 2.24) is 0 Å². The number of benzene rings is 1. The lowest BCUT2D eigenvalue weighted by molar-refractivity contribution is -0.183. The van der Waals surface area contributed by atoms with Gasteiger partial charge in [-0.15, -0.1) is 0 Å². The van der Waals surface area contributed by atoms with E-state index in [1.165, 1.54) is 0 Å². The summed E-state index contributed by atoms with van der Waals surface area (Å²) >= 11 is 0. The van der Waals surface area contributed by atoms with Crippen LogP contribution < -0.4 is 4.74 Å². The van der Waals surface area contributed by atoms with Gasteiger partial charge >= 0.3 is 0 Å². The van der Waals surface area contributed by atoms with Crippen molar-refractivity contribution in [3.8, 4) is 5.75 Å². The number of fused-ring (bicyclic) bond motifs is 1. The van der Waals surface area contributed by atoms with Crippen molar-refractivity contribution >= 4 is 0 Å². The van der Waals surface area contributed by atoms with E-state index in [0.717, 1.165) is 17.7 Å². The van der Waals surface area contributed by atoms with Crippen molar-refractivity contribution in [3.05, 3.63) is 29.8 Å². The Morgan fingerprint density at radius 2 is 2.12 bits per heavy atom. The topological polar surface area (TPSA) is 38.7 Å². The third-order valence-corrected chi connectivity index (χ3v) is 2.68. The highest BCUT2D eigenvalue weighted by molar-refractivity contribution is 5.34. The van der Waals surface area contributed by atoms with E-state index in [9.17, 15) is 0 Å². The SMILES string of the molecule is CC1(C)Oc2ccccc2CC(CCO)O1. The smallest absolute Gasteiger partial charge is 0.205 e. The van der Waals surface area contributed by atoms with E-state index < -0.39 is 5.79 Å². The number of rotatable bonds is 2. The molecule has 0 aliphatic carbocycles. The number of hydrogen-bond acceptors (Lipinski definition) is 3. The van der Waals surface area contributed by atoms with E-state index in [4.69, 9.17) is 14.6 Å². The van der Waals surface area contributed by atoms with Gasteiger partial charge in [0.15, 0.2) is 0 Å². The molecule has 0 amide bonds. The molecule has 1 unspecified atom stereocenters. The quantitative estimate of drug-likeness (QED) is 0.833. The molecule has 2 rings (SSSR count). The highest BCUT2D eigenvalue weighted by Crippen LogP contribution is 2.31. The summed E-state index contributed by atoms with van der Waals surface area (Å²) in [5, 5.41) is 9.01. The van der Waals surface area contributed by atoms with Gasteiger partial charge in [0.1, 0.15) is 5.75 Å². The lowest BCUT2D eigenvalue weighted by Crippen LogP contribution is -2.35. The van der Waals surface area contributed by atoms with Crippen LogP contribution in [0.25, 0.3) is 0 Å². The van der Waals surface area contributed by atoms with Gasteiger partial charge in [-0.3, -0.25) is 0 Å². The summed E-state index contributed by atoms with van der Waals surface area (Å²) in [7, 11) is 0. The molecule has 0 bridgehead atoms. The Kier molecular flexibility index (Phi) is 3.17. The number of hydrogen-bond donors (Lipinski definition) is 1. The Morgan fingerprint density at radius 1 is 1.38 bits per heavy atom. The summed E-state index contributed by atoms with van der Waals surface area (Å²) in [5.41, 5.74) is 1.14. The Morgan fingerprint density at radius 3 is 2.88 bits per heavy atom. The Bertz CT molecular complexity index is 360. The van der Waals surface area contributed by atoms with E-state index in [0.29, 0.717) is 6.42 Å². The minimum Gasteiger partial charge on any atom is -0.463 e. The van der Waals surface area contributed by atoms with Crippen LogP contribution in [-0.4, -0.2) is 23.6 Å². The van der Waals surface area contributed by atoms with Gasteiger partial charge in [-0.05, 0) is 18.1 Å². The Hall–Kier alpha value is -1.06. The van der Waals surface area contributed by atoms with E-state index in [1.54, 1.807) is 0 Å². The molecule has 0 saturated heterocycles. The number of ether oxygens (including phenoxy) is 2. The number of aliphatic hydroxyl groups excluding tert-OH is 1. The zero-order chi connectivity index (χ0) is 11.6. The predicted molar refractivity (Wildman–Crippen MR) is 61.4 cm³/mol. The molecule has 1 aromatic rings. The van der Waals surface area contributed by atoms with Crippen LogP contribution in [0.1, 0.15) is 25.8 Å².